The molecular weight excluding hydrogens is 620 g/mol. The zero-order chi connectivity index (χ0) is 8.15. The second-order valence-electron chi connectivity index (χ2n) is 0.859. The normalized spacial score (nSPS) is 9.92. The van der Waals surface area contributed by atoms with Crippen LogP contribution in [0.4, 0.5) is 0 Å². The summed E-state index contributed by atoms with van der Waals surface area (Å²) in [5, 5.41) is 0. The summed E-state index contributed by atoms with van der Waals surface area (Å²) in [6.07, 6.45) is 0. The van der Waals surface area contributed by atoms with Gasteiger partial charge in [-0.1, -0.05) is 0 Å². The Morgan fingerprint density at radius 2 is 1.17 bits per heavy atom. The third-order valence-corrected chi connectivity index (χ3v) is 2.30. The summed E-state index contributed by atoms with van der Waals surface area (Å²) in [4.78, 5) is 32.0. The minimum absolute atomic E-state index is 0. The molecule has 0 amide bonds. The van der Waals surface area contributed by atoms with E-state index in [1.165, 1.54) is 0 Å². The number of hydrogen-bond donors (Lipinski definition) is 4. The van der Waals surface area contributed by atoms with E-state index in [1.807, 2.05) is 0 Å². The van der Waals surface area contributed by atoms with Gasteiger partial charge in [0.25, 0.3) is 0 Å². The fourth-order valence-electron chi connectivity index (χ4n) is 0.122. The van der Waals surface area contributed by atoms with E-state index in [4.69, 9.17) is 19.6 Å². The Labute approximate surface area is 114 Å². The van der Waals surface area contributed by atoms with Crippen LogP contribution < -0.4 is 0 Å². The quantitative estimate of drug-likeness (QED) is 0.196. The summed E-state index contributed by atoms with van der Waals surface area (Å²) in [7, 11) is -5.61. The molecule has 7 nitrogen and oxygen atoms in total. The molecule has 4 radical (unpaired) electrons. The van der Waals surface area contributed by atoms with Crippen molar-refractivity contribution in [2.45, 2.75) is 0 Å². The van der Waals surface area contributed by atoms with Crippen molar-refractivity contribution in [1.29, 1.82) is 0 Å². The van der Waals surface area contributed by atoms with Gasteiger partial charge < -0.3 is 19.6 Å². The molecule has 0 aliphatic heterocycles. The van der Waals surface area contributed by atoms with Gasteiger partial charge >= 0.3 is 83.2 Å². The summed E-state index contributed by atoms with van der Waals surface area (Å²) < 4.78 is 17.5. The molecule has 0 heterocycles. The second-order valence-corrected chi connectivity index (χ2v) is 3.47. The Morgan fingerprint density at radius 3 is 1.33 bits per heavy atom. The summed E-state index contributed by atoms with van der Waals surface area (Å²) >= 11 is -2.52. The Hall–Kier alpha value is 2.61. The first-order valence-electron chi connectivity index (χ1n) is 1.67. The van der Waals surface area contributed by atoms with Crippen LogP contribution >= 0.6 is 17.2 Å². The van der Waals surface area contributed by atoms with Gasteiger partial charge in [-0.2, -0.15) is 12.1 Å². The van der Waals surface area contributed by atoms with Crippen molar-refractivity contribution in [1.82, 2.24) is 0 Å². The average molecular weight is 628 g/mol. The maximum atomic E-state index is 10.1. The molecule has 0 fully saturated rings. The van der Waals surface area contributed by atoms with Crippen molar-refractivity contribution in [3.63, 3.8) is 0 Å². The molecule has 4 N–H and O–H groups in total. The molecule has 0 rings (SSSR count). The van der Waals surface area contributed by atoms with Crippen LogP contribution in [0.5, 0.6) is 0 Å². The van der Waals surface area contributed by atoms with Gasteiger partial charge in [-0.25, -0.2) is 0 Å². The molecule has 12 heteroatoms. The summed E-state index contributed by atoms with van der Waals surface area (Å²) in [6.45, 7) is 0. The van der Waals surface area contributed by atoms with Crippen molar-refractivity contribution >= 4 is 83.2 Å². The van der Waals surface area contributed by atoms with E-state index in [2.05, 4.69) is 7.94 Å². The first kappa shape index (κ1) is 20.1. The van der Waals surface area contributed by atoms with E-state index >= 15 is 0 Å². The monoisotopic (exact) mass is 630 g/mol. The van der Waals surface area contributed by atoms with Crippen LogP contribution in [0, 0.1) is 0 Å². The standard InChI is InChI=1S/H4O7P2S.2Pb.4H/c1-8(2)6-10(5)7-9(3)4;;;;;;/h1-4H;;;;;;. The maximum absolute atomic E-state index is 10.1. The molecule has 0 aliphatic carbocycles. The molecule has 0 aromatic carbocycles. The molecule has 0 saturated carbocycles. The second kappa shape index (κ2) is 11.7. The Bertz CT molecular complexity index is 106. The molecule has 0 bridgehead atoms. The fraction of sp³-hybridized carbons (Fsp3) is 0. The van der Waals surface area contributed by atoms with Crippen LogP contribution in [-0.2, 0) is 19.3 Å². The zero-order valence-electron chi connectivity index (χ0n) is 5.73. The Balaban J connectivity index is -0.000000405. The third kappa shape index (κ3) is 15.1. The topological polar surface area (TPSA) is 116 Å². The van der Waals surface area contributed by atoms with Crippen molar-refractivity contribution in [2.24, 2.45) is 0 Å². The summed E-state index contributed by atoms with van der Waals surface area (Å²) in [5.41, 5.74) is 0. The third-order valence-electron chi connectivity index (χ3n) is 0.255. The molecule has 0 saturated heterocycles. The molecule has 0 unspecified atom stereocenters. The molecule has 0 atom stereocenters. The van der Waals surface area contributed by atoms with Gasteiger partial charge in [-0.3, -0.25) is 0 Å². The summed E-state index contributed by atoms with van der Waals surface area (Å²) in [6, 6.07) is 0. The number of hydrogen-bond acceptors (Lipinski definition) is 7. The van der Waals surface area contributed by atoms with Crippen LogP contribution in [0.15, 0.2) is 0 Å². The van der Waals surface area contributed by atoms with Crippen LogP contribution in [0.25, 0.3) is 0 Å². The van der Waals surface area contributed by atoms with Gasteiger partial charge in [-0.15, -0.1) is 0 Å². The molecular formula is H8O7P2Pb2S. The molecule has 0 spiro atoms. The van der Waals surface area contributed by atoms with Gasteiger partial charge in [0.15, 0.2) is 0 Å². The molecule has 12 heavy (non-hydrogen) atoms. The van der Waals surface area contributed by atoms with Crippen LogP contribution in [0.2, 0.25) is 0 Å². The van der Waals surface area contributed by atoms with E-state index in [-0.39, 0.29) is 54.6 Å². The molecule has 74 valence electrons. The van der Waals surface area contributed by atoms with E-state index in [0.29, 0.717) is 0 Å². The van der Waals surface area contributed by atoms with Gasteiger partial charge in [0, 0.05) is 0 Å². The Morgan fingerprint density at radius 1 is 0.917 bits per heavy atom. The summed E-state index contributed by atoms with van der Waals surface area (Å²) in [5.74, 6) is 0. The van der Waals surface area contributed by atoms with E-state index < -0.39 is 28.6 Å². The van der Waals surface area contributed by atoms with Crippen LogP contribution in [0.3, 0.4) is 0 Å². The van der Waals surface area contributed by atoms with Crippen LogP contribution in [0.1, 0.15) is 0 Å². The Kier molecular flexibility index (Phi) is 19.6. The SMILES string of the molecule is O=S(OP(O)O)OP(O)O.[PbH2].[PbH2]. The van der Waals surface area contributed by atoms with Gasteiger partial charge in [0.05, 0.1) is 0 Å². The fourth-order valence-corrected chi connectivity index (χ4v) is 1.35. The average Bonchev–Trinajstić information content (AvgIpc) is 1.58. The molecule has 0 aromatic rings. The van der Waals surface area contributed by atoms with Gasteiger partial charge in [-0.05, 0) is 0 Å². The van der Waals surface area contributed by atoms with Crippen molar-refractivity contribution in [2.75, 3.05) is 0 Å². The predicted octanol–water partition coefficient (Wildman–Crippen LogP) is -2.81. The first-order valence-corrected chi connectivity index (χ1v) is 5.00. The van der Waals surface area contributed by atoms with E-state index in [1.54, 1.807) is 0 Å². The predicted molar refractivity (Wildman–Crippen MR) is 50.1 cm³/mol. The van der Waals surface area contributed by atoms with Crippen molar-refractivity contribution < 1.29 is 31.7 Å². The molecule has 0 aromatic heterocycles. The van der Waals surface area contributed by atoms with Crippen LogP contribution in [-0.4, -0.2) is 78.4 Å². The van der Waals surface area contributed by atoms with Gasteiger partial charge in [0.2, 0.25) is 0 Å². The minimum atomic E-state index is -2.81. The van der Waals surface area contributed by atoms with Gasteiger partial charge in [0.1, 0.15) is 0 Å². The number of rotatable bonds is 4. The zero-order valence-corrected chi connectivity index (χ0v) is 19.3. The van der Waals surface area contributed by atoms with Crippen molar-refractivity contribution in [3.8, 4) is 0 Å². The van der Waals surface area contributed by atoms with E-state index in [9.17, 15) is 4.21 Å². The van der Waals surface area contributed by atoms with E-state index in [0.717, 1.165) is 0 Å². The first-order chi connectivity index (χ1) is 4.52. The van der Waals surface area contributed by atoms with Crippen molar-refractivity contribution in [3.05, 3.63) is 0 Å². The molecule has 0 aliphatic rings.